The van der Waals surface area contributed by atoms with Gasteiger partial charge in [-0.05, 0) is 29.5 Å². The number of fused-ring (bicyclic) bond motifs is 1. The molecular weight excluding hydrogens is 340 g/mol. The molecule has 10 heteroatoms. The van der Waals surface area contributed by atoms with Gasteiger partial charge in [-0.15, -0.1) is 10.2 Å². The molecule has 0 spiro atoms. The number of amides is 1. The molecule has 0 radical (unpaired) electrons. The molecule has 1 amide bonds. The Hall–Kier alpha value is -4.08. The largest absolute Gasteiger partial charge is 0.451 e. The molecule has 128 valence electrons. The number of nitrogens with zero attached hydrogens (tertiary/aromatic N) is 4. The minimum Gasteiger partial charge on any atom is -0.451 e. The number of carbonyl (C=O) groups is 1. The zero-order valence-corrected chi connectivity index (χ0v) is 13.0. The lowest BCUT2D eigenvalue weighted by Gasteiger charge is -2.04. The summed E-state index contributed by atoms with van der Waals surface area (Å²) in [6, 6.07) is 12.5. The number of H-pyrrole nitrogens is 1. The number of rotatable bonds is 4. The van der Waals surface area contributed by atoms with E-state index in [1.165, 1.54) is 24.3 Å². The first-order chi connectivity index (χ1) is 12.6. The Kier molecular flexibility index (Phi) is 3.62. The maximum absolute atomic E-state index is 12.4. The van der Waals surface area contributed by atoms with Crippen LogP contribution in [0.4, 0.5) is 11.4 Å². The van der Waals surface area contributed by atoms with Crippen molar-refractivity contribution in [2.24, 2.45) is 0 Å². The lowest BCUT2D eigenvalue weighted by atomic mass is 10.2. The van der Waals surface area contributed by atoms with E-state index < -0.39 is 10.8 Å². The molecule has 2 aromatic heterocycles. The number of aromatic nitrogens is 4. The van der Waals surface area contributed by atoms with Gasteiger partial charge in [-0.3, -0.25) is 14.9 Å². The third-order valence-corrected chi connectivity index (χ3v) is 3.66. The summed E-state index contributed by atoms with van der Waals surface area (Å²) in [5.74, 6) is -0.0308. The number of aromatic amines is 1. The van der Waals surface area contributed by atoms with Gasteiger partial charge in [-0.2, -0.15) is 5.21 Å². The minimum absolute atomic E-state index is 0.0467. The molecule has 0 aliphatic rings. The summed E-state index contributed by atoms with van der Waals surface area (Å²) in [5, 5.41) is 27.6. The second kappa shape index (κ2) is 6.09. The van der Waals surface area contributed by atoms with Crippen LogP contribution in [0.1, 0.15) is 10.6 Å². The zero-order chi connectivity index (χ0) is 18.1. The van der Waals surface area contributed by atoms with Gasteiger partial charge in [-0.1, -0.05) is 12.1 Å². The maximum atomic E-state index is 12.4. The fourth-order valence-corrected chi connectivity index (χ4v) is 2.47. The number of hydrogen-bond acceptors (Lipinski definition) is 7. The Bertz CT molecular complexity index is 1120. The van der Waals surface area contributed by atoms with Gasteiger partial charge in [0, 0.05) is 28.8 Å². The summed E-state index contributed by atoms with van der Waals surface area (Å²) >= 11 is 0. The Morgan fingerprint density at radius 3 is 2.85 bits per heavy atom. The van der Waals surface area contributed by atoms with E-state index in [0.29, 0.717) is 28.0 Å². The Labute approximate surface area is 145 Å². The number of nitro groups is 1. The Morgan fingerprint density at radius 1 is 1.19 bits per heavy atom. The fourth-order valence-electron chi connectivity index (χ4n) is 2.47. The van der Waals surface area contributed by atoms with E-state index in [0.717, 1.165) is 0 Å². The first-order valence-electron chi connectivity index (χ1n) is 7.43. The van der Waals surface area contributed by atoms with E-state index >= 15 is 0 Å². The molecule has 2 aromatic carbocycles. The molecule has 0 bridgehead atoms. The average molecular weight is 350 g/mol. The molecule has 4 aromatic rings. The molecule has 0 aliphatic heterocycles. The van der Waals surface area contributed by atoms with Gasteiger partial charge in [0.05, 0.1) is 4.92 Å². The number of nitrogens with one attached hydrogen (secondary N) is 2. The molecule has 2 N–H and O–H groups in total. The van der Waals surface area contributed by atoms with E-state index in [9.17, 15) is 14.9 Å². The minimum atomic E-state index is -0.504. The normalized spacial score (nSPS) is 10.8. The van der Waals surface area contributed by atoms with Crippen molar-refractivity contribution in [3.05, 3.63) is 64.4 Å². The zero-order valence-electron chi connectivity index (χ0n) is 13.0. The van der Waals surface area contributed by atoms with Crippen molar-refractivity contribution >= 4 is 28.3 Å². The highest BCUT2D eigenvalue weighted by Crippen LogP contribution is 2.25. The molecule has 0 unspecified atom stereocenters. The van der Waals surface area contributed by atoms with Gasteiger partial charge < -0.3 is 9.73 Å². The molecule has 0 saturated heterocycles. The highest BCUT2D eigenvalue weighted by Gasteiger charge is 2.15. The summed E-state index contributed by atoms with van der Waals surface area (Å²) < 4.78 is 5.46. The Morgan fingerprint density at radius 2 is 2.08 bits per heavy atom. The molecule has 26 heavy (non-hydrogen) atoms. The highest BCUT2D eigenvalue weighted by atomic mass is 16.6. The number of benzene rings is 2. The van der Waals surface area contributed by atoms with Crippen LogP contribution in [-0.2, 0) is 0 Å². The van der Waals surface area contributed by atoms with E-state index in [1.807, 2.05) is 0 Å². The number of tetrazole rings is 1. The SMILES string of the molecule is O=C(Nc1cccc(-c2nn[nH]n2)c1)c1cc2cc([N+](=O)[O-])ccc2o1. The van der Waals surface area contributed by atoms with Crippen LogP contribution >= 0.6 is 0 Å². The van der Waals surface area contributed by atoms with Crippen LogP contribution in [0.5, 0.6) is 0 Å². The second-order valence-electron chi connectivity index (χ2n) is 5.36. The van der Waals surface area contributed by atoms with E-state index in [1.54, 1.807) is 24.3 Å². The lowest BCUT2D eigenvalue weighted by Crippen LogP contribution is -2.10. The first-order valence-corrected chi connectivity index (χ1v) is 7.43. The van der Waals surface area contributed by atoms with Crippen LogP contribution in [0.25, 0.3) is 22.4 Å². The third kappa shape index (κ3) is 2.86. The predicted molar refractivity (Wildman–Crippen MR) is 90.4 cm³/mol. The Balaban J connectivity index is 1.59. The summed E-state index contributed by atoms with van der Waals surface area (Å²) in [7, 11) is 0. The molecule has 0 saturated carbocycles. The van der Waals surface area contributed by atoms with Gasteiger partial charge in [0.1, 0.15) is 5.58 Å². The van der Waals surface area contributed by atoms with Crippen molar-refractivity contribution in [2.75, 3.05) is 5.32 Å². The van der Waals surface area contributed by atoms with Crippen LogP contribution in [0.15, 0.2) is 52.9 Å². The number of carbonyl (C=O) groups excluding carboxylic acids is 1. The van der Waals surface area contributed by atoms with E-state index in [2.05, 4.69) is 25.9 Å². The molecule has 0 aliphatic carbocycles. The van der Waals surface area contributed by atoms with Gasteiger partial charge >= 0.3 is 0 Å². The van der Waals surface area contributed by atoms with Crippen molar-refractivity contribution < 1.29 is 14.1 Å². The number of non-ortho nitro benzene ring substituents is 1. The van der Waals surface area contributed by atoms with Crippen LogP contribution < -0.4 is 5.32 Å². The standard InChI is InChI=1S/C16H10N6O4/c23-16(14-8-10-7-12(22(24)25)4-5-13(10)26-14)17-11-3-1-2-9(6-11)15-18-20-21-19-15/h1-8H,(H,17,23)(H,18,19,20,21). The van der Waals surface area contributed by atoms with Crippen molar-refractivity contribution in [3.63, 3.8) is 0 Å². The van der Waals surface area contributed by atoms with Crippen LogP contribution in [0, 0.1) is 10.1 Å². The smallest absolute Gasteiger partial charge is 0.291 e. The van der Waals surface area contributed by atoms with Crippen LogP contribution in [0.2, 0.25) is 0 Å². The molecule has 0 fully saturated rings. The molecule has 4 rings (SSSR count). The quantitative estimate of drug-likeness (QED) is 0.426. The van der Waals surface area contributed by atoms with Crippen molar-refractivity contribution in [1.82, 2.24) is 20.6 Å². The number of furan rings is 1. The summed E-state index contributed by atoms with van der Waals surface area (Å²) in [5.41, 5.74) is 1.51. The van der Waals surface area contributed by atoms with Gasteiger partial charge in [0.25, 0.3) is 11.6 Å². The summed E-state index contributed by atoms with van der Waals surface area (Å²) in [4.78, 5) is 22.7. The lowest BCUT2D eigenvalue weighted by molar-refractivity contribution is -0.384. The summed E-state index contributed by atoms with van der Waals surface area (Å²) in [6.45, 7) is 0. The molecule has 0 atom stereocenters. The predicted octanol–water partition coefficient (Wildman–Crippen LogP) is 2.77. The average Bonchev–Trinajstić information content (AvgIpc) is 3.31. The topological polar surface area (TPSA) is 140 Å². The van der Waals surface area contributed by atoms with Crippen molar-refractivity contribution in [3.8, 4) is 11.4 Å². The molecular formula is C16H10N6O4. The van der Waals surface area contributed by atoms with Crippen LogP contribution in [-0.4, -0.2) is 31.5 Å². The van der Waals surface area contributed by atoms with E-state index in [-0.39, 0.29) is 11.4 Å². The van der Waals surface area contributed by atoms with Crippen molar-refractivity contribution in [1.29, 1.82) is 0 Å². The number of anilines is 1. The van der Waals surface area contributed by atoms with Crippen LogP contribution in [0.3, 0.4) is 0 Å². The summed E-state index contributed by atoms with van der Waals surface area (Å²) in [6.07, 6.45) is 0. The van der Waals surface area contributed by atoms with Gasteiger partial charge in [-0.25, -0.2) is 0 Å². The second-order valence-corrected chi connectivity index (χ2v) is 5.36. The fraction of sp³-hybridized carbons (Fsp3) is 0. The van der Waals surface area contributed by atoms with Gasteiger partial charge in [0.2, 0.25) is 5.82 Å². The molecule has 10 nitrogen and oxygen atoms in total. The highest BCUT2D eigenvalue weighted by molar-refractivity contribution is 6.05. The van der Waals surface area contributed by atoms with Gasteiger partial charge in [0.15, 0.2) is 5.76 Å². The van der Waals surface area contributed by atoms with Crippen molar-refractivity contribution in [2.45, 2.75) is 0 Å². The third-order valence-electron chi connectivity index (χ3n) is 3.66. The first kappa shape index (κ1) is 15.4. The number of hydrogen-bond donors (Lipinski definition) is 2. The monoisotopic (exact) mass is 350 g/mol. The van der Waals surface area contributed by atoms with E-state index in [4.69, 9.17) is 4.42 Å². The molecule has 2 heterocycles. The number of nitro benzene ring substituents is 1. The maximum Gasteiger partial charge on any atom is 0.291 e.